The highest BCUT2D eigenvalue weighted by Gasteiger charge is 2.35. The van der Waals surface area contributed by atoms with Crippen LogP contribution in [-0.2, 0) is 5.41 Å². The molecule has 0 N–H and O–H groups in total. The van der Waals surface area contributed by atoms with E-state index in [9.17, 15) is 5.26 Å². The number of nitriles is 1. The molecule has 15 heavy (non-hydrogen) atoms. The molecule has 0 saturated heterocycles. The minimum Gasteiger partial charge on any atom is -0.197 e. The van der Waals surface area contributed by atoms with Gasteiger partial charge in [-0.3, -0.25) is 0 Å². The lowest BCUT2D eigenvalue weighted by Gasteiger charge is -2.34. The van der Waals surface area contributed by atoms with Gasteiger partial charge in [-0.2, -0.15) is 5.26 Å². The Labute approximate surface area is 91.7 Å². The van der Waals surface area contributed by atoms with Crippen LogP contribution < -0.4 is 0 Å². The Morgan fingerprint density at radius 1 is 1.20 bits per heavy atom. The number of hydrogen-bond donors (Lipinski definition) is 0. The highest BCUT2D eigenvalue weighted by atomic mass is 14.4. The molecule has 1 aliphatic carbocycles. The van der Waals surface area contributed by atoms with Crippen molar-refractivity contribution in [3.8, 4) is 6.07 Å². The molecule has 1 saturated carbocycles. The van der Waals surface area contributed by atoms with E-state index in [2.05, 4.69) is 25.1 Å². The molecular formula is C14H17N. The van der Waals surface area contributed by atoms with E-state index < -0.39 is 0 Å². The molecule has 0 radical (unpaired) electrons. The first-order valence-corrected chi connectivity index (χ1v) is 5.74. The summed E-state index contributed by atoms with van der Waals surface area (Å²) in [5.41, 5.74) is 1.01. The SMILES string of the molecule is CC1CCC(C#N)(c2ccccc2)CC1. The van der Waals surface area contributed by atoms with Gasteiger partial charge < -0.3 is 0 Å². The number of rotatable bonds is 1. The first kappa shape index (κ1) is 10.2. The molecule has 0 spiro atoms. The standard InChI is InChI=1S/C14H17N/c1-12-7-9-14(11-15,10-8-12)13-5-3-2-4-6-13/h2-6,12H,7-10H2,1H3. The maximum atomic E-state index is 9.43. The second-order valence-corrected chi connectivity index (χ2v) is 4.74. The zero-order valence-corrected chi connectivity index (χ0v) is 9.24. The van der Waals surface area contributed by atoms with Crippen molar-refractivity contribution < 1.29 is 0 Å². The average Bonchev–Trinajstić information content (AvgIpc) is 2.32. The summed E-state index contributed by atoms with van der Waals surface area (Å²) < 4.78 is 0. The van der Waals surface area contributed by atoms with Crippen LogP contribution in [-0.4, -0.2) is 0 Å². The van der Waals surface area contributed by atoms with Gasteiger partial charge >= 0.3 is 0 Å². The maximum Gasteiger partial charge on any atom is 0.0822 e. The maximum absolute atomic E-state index is 9.43. The molecule has 1 aromatic carbocycles. The van der Waals surface area contributed by atoms with Gasteiger partial charge in [0, 0.05) is 0 Å². The van der Waals surface area contributed by atoms with Crippen molar-refractivity contribution in [1.29, 1.82) is 5.26 Å². The minimum atomic E-state index is -0.201. The summed E-state index contributed by atoms with van der Waals surface area (Å²) in [5, 5.41) is 9.43. The van der Waals surface area contributed by atoms with Gasteiger partial charge in [0.2, 0.25) is 0 Å². The van der Waals surface area contributed by atoms with Crippen molar-refractivity contribution in [1.82, 2.24) is 0 Å². The van der Waals surface area contributed by atoms with E-state index >= 15 is 0 Å². The fourth-order valence-corrected chi connectivity index (χ4v) is 2.48. The van der Waals surface area contributed by atoms with Crippen LogP contribution in [0, 0.1) is 17.2 Å². The fraction of sp³-hybridized carbons (Fsp3) is 0.500. The molecule has 2 rings (SSSR count). The summed E-state index contributed by atoms with van der Waals surface area (Å²) in [6.07, 6.45) is 4.41. The summed E-state index contributed by atoms with van der Waals surface area (Å²) in [6.45, 7) is 2.28. The first-order chi connectivity index (χ1) is 7.27. The van der Waals surface area contributed by atoms with E-state index in [0.717, 1.165) is 18.8 Å². The molecule has 78 valence electrons. The van der Waals surface area contributed by atoms with Gasteiger partial charge in [0.25, 0.3) is 0 Å². The Morgan fingerprint density at radius 3 is 2.33 bits per heavy atom. The lowest BCUT2D eigenvalue weighted by Crippen LogP contribution is -2.29. The zero-order chi connectivity index (χ0) is 10.7. The average molecular weight is 199 g/mol. The Morgan fingerprint density at radius 2 is 1.80 bits per heavy atom. The smallest absolute Gasteiger partial charge is 0.0822 e. The Bertz CT molecular complexity index is 353. The highest BCUT2D eigenvalue weighted by Crippen LogP contribution is 2.40. The first-order valence-electron chi connectivity index (χ1n) is 5.74. The van der Waals surface area contributed by atoms with E-state index in [1.165, 1.54) is 18.4 Å². The number of nitrogens with zero attached hydrogens (tertiary/aromatic N) is 1. The van der Waals surface area contributed by atoms with E-state index in [4.69, 9.17) is 0 Å². The molecule has 1 nitrogen and oxygen atoms in total. The van der Waals surface area contributed by atoms with E-state index in [1.807, 2.05) is 18.2 Å². The summed E-state index contributed by atoms with van der Waals surface area (Å²) in [6, 6.07) is 12.8. The van der Waals surface area contributed by atoms with Crippen LogP contribution >= 0.6 is 0 Å². The van der Waals surface area contributed by atoms with Crippen LogP contribution in [0.1, 0.15) is 38.2 Å². The normalized spacial score (nSPS) is 30.8. The molecule has 1 aromatic rings. The Kier molecular flexibility index (Phi) is 2.77. The number of benzene rings is 1. The highest BCUT2D eigenvalue weighted by molar-refractivity contribution is 5.32. The van der Waals surface area contributed by atoms with Gasteiger partial charge in [0.1, 0.15) is 0 Å². The molecular weight excluding hydrogens is 182 g/mol. The van der Waals surface area contributed by atoms with Crippen LogP contribution in [0.3, 0.4) is 0 Å². The summed E-state index contributed by atoms with van der Waals surface area (Å²) in [4.78, 5) is 0. The second kappa shape index (κ2) is 4.06. The molecule has 0 unspecified atom stereocenters. The molecule has 0 atom stereocenters. The Hall–Kier alpha value is -1.29. The van der Waals surface area contributed by atoms with Crippen molar-refractivity contribution in [2.45, 2.75) is 38.0 Å². The predicted molar refractivity (Wildman–Crippen MR) is 61.4 cm³/mol. The van der Waals surface area contributed by atoms with E-state index in [1.54, 1.807) is 0 Å². The van der Waals surface area contributed by atoms with Crippen LogP contribution in [0.15, 0.2) is 30.3 Å². The molecule has 0 amide bonds. The van der Waals surface area contributed by atoms with Crippen molar-refractivity contribution in [3.05, 3.63) is 35.9 Å². The van der Waals surface area contributed by atoms with Gasteiger partial charge in [-0.1, -0.05) is 37.3 Å². The Balaban J connectivity index is 2.28. The summed E-state index contributed by atoms with van der Waals surface area (Å²) in [7, 11) is 0. The van der Waals surface area contributed by atoms with Crippen molar-refractivity contribution in [2.24, 2.45) is 5.92 Å². The van der Waals surface area contributed by atoms with E-state index in [-0.39, 0.29) is 5.41 Å². The van der Waals surface area contributed by atoms with Gasteiger partial charge in [-0.25, -0.2) is 0 Å². The van der Waals surface area contributed by atoms with Crippen molar-refractivity contribution in [2.75, 3.05) is 0 Å². The third-order valence-corrected chi connectivity index (χ3v) is 3.67. The molecule has 0 heterocycles. The van der Waals surface area contributed by atoms with Gasteiger partial charge in [0.15, 0.2) is 0 Å². The van der Waals surface area contributed by atoms with Gasteiger partial charge in [0.05, 0.1) is 11.5 Å². The second-order valence-electron chi connectivity index (χ2n) is 4.74. The lowest BCUT2D eigenvalue weighted by atomic mass is 9.68. The van der Waals surface area contributed by atoms with Crippen LogP contribution in [0.4, 0.5) is 0 Å². The largest absolute Gasteiger partial charge is 0.197 e. The third kappa shape index (κ3) is 1.90. The quantitative estimate of drug-likeness (QED) is 0.677. The minimum absolute atomic E-state index is 0.201. The molecule has 0 aliphatic heterocycles. The van der Waals surface area contributed by atoms with Crippen LogP contribution in [0.2, 0.25) is 0 Å². The van der Waals surface area contributed by atoms with Gasteiger partial charge in [-0.15, -0.1) is 0 Å². The monoisotopic (exact) mass is 199 g/mol. The third-order valence-electron chi connectivity index (χ3n) is 3.67. The van der Waals surface area contributed by atoms with Crippen LogP contribution in [0.5, 0.6) is 0 Å². The molecule has 1 aliphatic rings. The van der Waals surface area contributed by atoms with Crippen molar-refractivity contribution in [3.63, 3.8) is 0 Å². The van der Waals surface area contributed by atoms with Crippen LogP contribution in [0.25, 0.3) is 0 Å². The topological polar surface area (TPSA) is 23.8 Å². The molecule has 1 fully saturated rings. The molecule has 0 aromatic heterocycles. The molecule has 1 heteroatoms. The molecule has 0 bridgehead atoms. The zero-order valence-electron chi connectivity index (χ0n) is 9.24. The lowest BCUT2D eigenvalue weighted by molar-refractivity contribution is 0.294. The van der Waals surface area contributed by atoms with E-state index in [0.29, 0.717) is 0 Å². The fourth-order valence-electron chi connectivity index (χ4n) is 2.48. The van der Waals surface area contributed by atoms with Gasteiger partial charge in [-0.05, 0) is 37.2 Å². The summed E-state index contributed by atoms with van der Waals surface area (Å²) >= 11 is 0. The predicted octanol–water partition coefficient (Wildman–Crippen LogP) is 3.66. The summed E-state index contributed by atoms with van der Waals surface area (Å²) in [5.74, 6) is 0.787. The number of hydrogen-bond acceptors (Lipinski definition) is 1. The van der Waals surface area contributed by atoms with Crippen molar-refractivity contribution >= 4 is 0 Å².